The maximum atomic E-state index is 10.9. The van der Waals surface area contributed by atoms with Gasteiger partial charge >= 0.3 is 5.97 Å². The molecule has 19 heavy (non-hydrogen) atoms. The van der Waals surface area contributed by atoms with E-state index in [2.05, 4.69) is 31.3 Å². The summed E-state index contributed by atoms with van der Waals surface area (Å²) in [4.78, 5) is 10.9. The number of carbonyl (C=O) groups is 1. The standard InChI is InChI=1S/C11H14BrN5O2/c1-4-7-9(12)8(16(3)14-7)5-17-6(2)10(11(18)19)13-15-17/h4-5H2,1-3H3,(H,18,19). The first-order chi connectivity index (χ1) is 8.95. The van der Waals surface area contributed by atoms with E-state index in [0.29, 0.717) is 12.2 Å². The molecule has 0 bridgehead atoms. The van der Waals surface area contributed by atoms with Gasteiger partial charge in [-0.2, -0.15) is 5.10 Å². The van der Waals surface area contributed by atoms with E-state index < -0.39 is 5.97 Å². The van der Waals surface area contributed by atoms with Gasteiger partial charge in [0.05, 0.1) is 28.1 Å². The number of aryl methyl sites for hydroxylation is 2. The summed E-state index contributed by atoms with van der Waals surface area (Å²) in [5.41, 5.74) is 2.41. The van der Waals surface area contributed by atoms with Crippen molar-refractivity contribution in [2.24, 2.45) is 7.05 Å². The minimum Gasteiger partial charge on any atom is -0.476 e. The molecule has 0 atom stereocenters. The van der Waals surface area contributed by atoms with E-state index in [1.54, 1.807) is 16.3 Å². The van der Waals surface area contributed by atoms with E-state index in [-0.39, 0.29) is 5.69 Å². The van der Waals surface area contributed by atoms with Crippen LogP contribution in [0.4, 0.5) is 0 Å². The number of carboxylic acids is 1. The van der Waals surface area contributed by atoms with Crippen molar-refractivity contribution in [2.75, 3.05) is 0 Å². The molecule has 2 aromatic rings. The number of nitrogens with zero attached hydrogens (tertiary/aromatic N) is 5. The molecule has 0 aliphatic heterocycles. The van der Waals surface area contributed by atoms with Crippen LogP contribution in [0.25, 0.3) is 0 Å². The molecule has 1 N–H and O–H groups in total. The van der Waals surface area contributed by atoms with Gasteiger partial charge in [0.15, 0.2) is 5.69 Å². The fraction of sp³-hybridized carbons (Fsp3) is 0.455. The van der Waals surface area contributed by atoms with Crippen LogP contribution in [0.5, 0.6) is 0 Å². The molecule has 8 heteroatoms. The van der Waals surface area contributed by atoms with Crippen molar-refractivity contribution in [1.29, 1.82) is 0 Å². The van der Waals surface area contributed by atoms with Gasteiger partial charge in [0.1, 0.15) is 0 Å². The lowest BCUT2D eigenvalue weighted by Crippen LogP contribution is -2.09. The van der Waals surface area contributed by atoms with Crippen LogP contribution in [0.3, 0.4) is 0 Å². The smallest absolute Gasteiger partial charge is 0.358 e. The Kier molecular flexibility index (Phi) is 3.70. The second-order valence-corrected chi connectivity index (χ2v) is 4.96. The summed E-state index contributed by atoms with van der Waals surface area (Å²) < 4.78 is 4.26. The third-order valence-corrected chi connectivity index (χ3v) is 3.90. The molecule has 2 rings (SSSR count). The van der Waals surface area contributed by atoms with Crippen LogP contribution in [-0.2, 0) is 20.0 Å². The van der Waals surface area contributed by atoms with Crippen molar-refractivity contribution < 1.29 is 9.90 Å². The van der Waals surface area contributed by atoms with Crippen molar-refractivity contribution in [2.45, 2.75) is 26.8 Å². The lowest BCUT2D eigenvalue weighted by Gasteiger charge is -2.04. The molecule has 0 aliphatic carbocycles. The average Bonchev–Trinajstić information content (AvgIpc) is 2.85. The van der Waals surface area contributed by atoms with Gasteiger partial charge in [-0.15, -0.1) is 5.10 Å². The molecule has 7 nitrogen and oxygen atoms in total. The summed E-state index contributed by atoms with van der Waals surface area (Å²) in [5, 5.41) is 20.9. The van der Waals surface area contributed by atoms with E-state index in [1.807, 2.05) is 14.0 Å². The molecule has 2 heterocycles. The number of carboxylic acid groups (broad SMARTS) is 1. The van der Waals surface area contributed by atoms with Gasteiger partial charge in [-0.25, -0.2) is 9.48 Å². The van der Waals surface area contributed by atoms with Gasteiger partial charge in [0.25, 0.3) is 0 Å². The summed E-state index contributed by atoms with van der Waals surface area (Å²) in [7, 11) is 1.85. The van der Waals surface area contributed by atoms with E-state index in [0.717, 1.165) is 22.3 Å². The number of aromatic carboxylic acids is 1. The first kappa shape index (κ1) is 13.7. The minimum absolute atomic E-state index is 0.0194. The molecule has 0 radical (unpaired) electrons. The lowest BCUT2D eigenvalue weighted by molar-refractivity contribution is 0.0689. The van der Waals surface area contributed by atoms with E-state index >= 15 is 0 Å². The molecule has 0 amide bonds. The highest BCUT2D eigenvalue weighted by Crippen LogP contribution is 2.22. The third kappa shape index (κ3) is 2.40. The van der Waals surface area contributed by atoms with Crippen LogP contribution >= 0.6 is 15.9 Å². The number of hydrogen-bond acceptors (Lipinski definition) is 4. The van der Waals surface area contributed by atoms with E-state index in [4.69, 9.17) is 5.11 Å². The zero-order valence-corrected chi connectivity index (χ0v) is 12.5. The Morgan fingerprint density at radius 1 is 1.47 bits per heavy atom. The van der Waals surface area contributed by atoms with Gasteiger partial charge < -0.3 is 5.11 Å². The quantitative estimate of drug-likeness (QED) is 0.917. The Labute approximate surface area is 118 Å². The number of aromatic nitrogens is 5. The molecular formula is C11H14BrN5O2. The first-order valence-corrected chi connectivity index (χ1v) is 6.58. The Balaban J connectivity index is 2.37. The summed E-state index contributed by atoms with van der Waals surface area (Å²) in [5.74, 6) is -1.07. The SMILES string of the molecule is CCc1nn(C)c(Cn2nnc(C(=O)O)c2C)c1Br. The molecule has 0 aliphatic rings. The highest BCUT2D eigenvalue weighted by atomic mass is 79.9. The summed E-state index contributed by atoms with van der Waals surface area (Å²) in [6.45, 7) is 4.14. The van der Waals surface area contributed by atoms with Crippen LogP contribution in [0.15, 0.2) is 4.47 Å². The molecule has 0 saturated heterocycles. The van der Waals surface area contributed by atoms with Crippen LogP contribution in [0.2, 0.25) is 0 Å². The summed E-state index contributed by atoms with van der Waals surface area (Å²) in [6.07, 6.45) is 0.825. The zero-order chi connectivity index (χ0) is 14.2. The molecule has 102 valence electrons. The molecule has 0 fully saturated rings. The monoisotopic (exact) mass is 327 g/mol. The molecular weight excluding hydrogens is 314 g/mol. The number of rotatable bonds is 4. The third-order valence-electron chi connectivity index (χ3n) is 2.99. The van der Waals surface area contributed by atoms with Gasteiger partial charge in [-0.1, -0.05) is 12.1 Å². The van der Waals surface area contributed by atoms with E-state index in [1.165, 1.54) is 0 Å². The van der Waals surface area contributed by atoms with Crippen molar-refractivity contribution in [3.05, 3.63) is 27.2 Å². The average molecular weight is 328 g/mol. The normalized spacial score (nSPS) is 10.9. The molecule has 2 aromatic heterocycles. The Morgan fingerprint density at radius 3 is 2.63 bits per heavy atom. The topological polar surface area (TPSA) is 85.8 Å². The van der Waals surface area contributed by atoms with Gasteiger partial charge in [-0.3, -0.25) is 4.68 Å². The van der Waals surface area contributed by atoms with Gasteiger partial charge in [-0.05, 0) is 29.3 Å². The summed E-state index contributed by atoms with van der Waals surface area (Å²) >= 11 is 3.52. The maximum absolute atomic E-state index is 10.9. The number of halogens is 1. The van der Waals surface area contributed by atoms with Crippen LogP contribution in [0, 0.1) is 6.92 Å². The maximum Gasteiger partial charge on any atom is 0.358 e. The highest BCUT2D eigenvalue weighted by molar-refractivity contribution is 9.10. The van der Waals surface area contributed by atoms with Gasteiger partial charge in [0.2, 0.25) is 0 Å². The van der Waals surface area contributed by atoms with Crippen LogP contribution in [0.1, 0.15) is 34.5 Å². The van der Waals surface area contributed by atoms with Crippen molar-refractivity contribution in [1.82, 2.24) is 24.8 Å². The second-order valence-electron chi connectivity index (χ2n) is 4.17. The minimum atomic E-state index is -1.07. The molecule has 0 unspecified atom stereocenters. The first-order valence-electron chi connectivity index (χ1n) is 5.79. The van der Waals surface area contributed by atoms with Crippen molar-refractivity contribution >= 4 is 21.9 Å². The molecule has 0 saturated carbocycles. The summed E-state index contributed by atoms with van der Waals surface area (Å²) in [6, 6.07) is 0. The largest absolute Gasteiger partial charge is 0.476 e. The number of hydrogen-bond donors (Lipinski definition) is 1. The van der Waals surface area contributed by atoms with Crippen molar-refractivity contribution in [3.8, 4) is 0 Å². The van der Waals surface area contributed by atoms with Gasteiger partial charge in [0, 0.05) is 7.05 Å². The second kappa shape index (κ2) is 5.12. The van der Waals surface area contributed by atoms with Crippen molar-refractivity contribution in [3.63, 3.8) is 0 Å². The Morgan fingerprint density at radius 2 is 2.16 bits per heavy atom. The molecule has 0 spiro atoms. The predicted octanol–water partition coefficient (Wildman–Crippen LogP) is 1.39. The Bertz CT molecular complexity index is 631. The van der Waals surface area contributed by atoms with Crippen LogP contribution in [-0.4, -0.2) is 35.9 Å². The van der Waals surface area contributed by atoms with Crippen LogP contribution < -0.4 is 0 Å². The lowest BCUT2D eigenvalue weighted by atomic mass is 10.3. The fourth-order valence-electron chi connectivity index (χ4n) is 1.84. The highest BCUT2D eigenvalue weighted by Gasteiger charge is 2.18. The molecule has 0 aromatic carbocycles. The zero-order valence-electron chi connectivity index (χ0n) is 10.9. The fourth-order valence-corrected chi connectivity index (χ4v) is 2.58. The Hall–Kier alpha value is -1.70. The van der Waals surface area contributed by atoms with E-state index in [9.17, 15) is 4.79 Å². The predicted molar refractivity (Wildman–Crippen MR) is 71.1 cm³/mol.